The molecule has 1 saturated heterocycles. The Morgan fingerprint density at radius 3 is 2.70 bits per heavy atom. The predicted molar refractivity (Wildman–Crippen MR) is 70.5 cm³/mol. The van der Waals surface area contributed by atoms with E-state index >= 15 is 0 Å². The van der Waals surface area contributed by atoms with Gasteiger partial charge in [-0.3, -0.25) is 4.98 Å². The van der Waals surface area contributed by atoms with E-state index < -0.39 is 5.82 Å². The summed E-state index contributed by atoms with van der Waals surface area (Å²) in [6.07, 6.45) is 2.61. The van der Waals surface area contributed by atoms with Crippen LogP contribution in [-0.4, -0.2) is 46.2 Å². The third-order valence-electron chi connectivity index (χ3n) is 2.90. The molecule has 20 heavy (non-hydrogen) atoms. The van der Waals surface area contributed by atoms with E-state index in [9.17, 15) is 4.39 Å². The van der Waals surface area contributed by atoms with E-state index in [2.05, 4.69) is 19.9 Å². The molecule has 2 N–H and O–H groups in total. The zero-order valence-electron chi connectivity index (χ0n) is 10.7. The van der Waals surface area contributed by atoms with Crippen molar-refractivity contribution >= 4 is 11.9 Å². The summed E-state index contributed by atoms with van der Waals surface area (Å²) in [5.74, 6) is 0.432. The second-order valence-corrected chi connectivity index (χ2v) is 4.31. The zero-order valence-corrected chi connectivity index (χ0v) is 10.7. The van der Waals surface area contributed by atoms with Crippen molar-refractivity contribution in [1.29, 1.82) is 0 Å². The molecule has 0 saturated carbocycles. The second kappa shape index (κ2) is 5.33. The fraction of sp³-hybridized carbons (Fsp3) is 0.333. The largest absolute Gasteiger partial charge is 0.378 e. The Morgan fingerprint density at radius 1 is 1.15 bits per heavy atom. The van der Waals surface area contributed by atoms with Crippen LogP contribution in [0.4, 0.5) is 16.3 Å². The molecular weight excluding hydrogens is 263 g/mol. The monoisotopic (exact) mass is 276 g/mol. The summed E-state index contributed by atoms with van der Waals surface area (Å²) < 4.78 is 18.5. The number of hydrogen-bond donors (Lipinski definition) is 1. The number of nitrogens with two attached hydrogens (primary N) is 1. The number of pyridine rings is 1. The SMILES string of the molecule is Nc1nc(-c2cncc(F)c2)nc(N2CCOCC2)n1. The maximum Gasteiger partial charge on any atom is 0.230 e. The average molecular weight is 276 g/mol. The predicted octanol–water partition coefficient (Wildman–Crippen LogP) is 0.491. The zero-order chi connectivity index (χ0) is 13.9. The summed E-state index contributed by atoms with van der Waals surface area (Å²) in [5.41, 5.74) is 6.17. The lowest BCUT2D eigenvalue weighted by molar-refractivity contribution is 0.122. The molecule has 0 aromatic carbocycles. The van der Waals surface area contributed by atoms with Crippen LogP contribution in [0, 0.1) is 5.82 Å². The van der Waals surface area contributed by atoms with Gasteiger partial charge in [0.25, 0.3) is 0 Å². The second-order valence-electron chi connectivity index (χ2n) is 4.31. The maximum absolute atomic E-state index is 13.2. The number of nitrogens with zero attached hydrogens (tertiary/aromatic N) is 5. The van der Waals surface area contributed by atoms with Gasteiger partial charge in [-0.1, -0.05) is 0 Å². The molecule has 0 unspecified atom stereocenters. The van der Waals surface area contributed by atoms with Gasteiger partial charge < -0.3 is 15.4 Å². The van der Waals surface area contributed by atoms with Crippen LogP contribution in [0.25, 0.3) is 11.4 Å². The van der Waals surface area contributed by atoms with Crippen molar-refractivity contribution in [2.24, 2.45) is 0 Å². The number of halogens is 1. The molecule has 3 heterocycles. The summed E-state index contributed by atoms with van der Waals surface area (Å²) in [4.78, 5) is 18.2. The van der Waals surface area contributed by atoms with Crippen molar-refractivity contribution in [1.82, 2.24) is 19.9 Å². The third kappa shape index (κ3) is 2.64. The van der Waals surface area contributed by atoms with Gasteiger partial charge in [-0.05, 0) is 6.07 Å². The fourth-order valence-electron chi connectivity index (χ4n) is 1.95. The van der Waals surface area contributed by atoms with Crippen molar-refractivity contribution in [3.63, 3.8) is 0 Å². The number of ether oxygens (including phenoxy) is 1. The molecule has 1 aliphatic heterocycles. The van der Waals surface area contributed by atoms with Gasteiger partial charge in [0, 0.05) is 24.8 Å². The van der Waals surface area contributed by atoms with Gasteiger partial charge in [-0.2, -0.15) is 15.0 Å². The van der Waals surface area contributed by atoms with Gasteiger partial charge in [0.15, 0.2) is 5.82 Å². The van der Waals surface area contributed by atoms with Gasteiger partial charge >= 0.3 is 0 Å². The standard InChI is InChI=1S/C12H13FN6O/c13-9-5-8(6-15-7-9)10-16-11(14)18-12(17-10)19-1-3-20-4-2-19/h5-7H,1-4H2,(H2,14,16,17,18). The molecule has 2 aromatic heterocycles. The molecule has 0 spiro atoms. The van der Waals surface area contributed by atoms with Crippen molar-refractivity contribution < 1.29 is 9.13 Å². The minimum absolute atomic E-state index is 0.0979. The molecule has 0 aliphatic carbocycles. The number of hydrogen-bond acceptors (Lipinski definition) is 7. The van der Waals surface area contributed by atoms with Crippen LogP contribution in [0.2, 0.25) is 0 Å². The highest BCUT2D eigenvalue weighted by molar-refractivity contribution is 5.56. The third-order valence-corrected chi connectivity index (χ3v) is 2.90. The highest BCUT2D eigenvalue weighted by atomic mass is 19.1. The van der Waals surface area contributed by atoms with Gasteiger partial charge in [-0.25, -0.2) is 4.39 Å². The molecule has 2 aromatic rings. The molecule has 3 rings (SSSR count). The number of aromatic nitrogens is 4. The fourth-order valence-corrected chi connectivity index (χ4v) is 1.95. The quantitative estimate of drug-likeness (QED) is 0.853. The van der Waals surface area contributed by atoms with Crippen molar-refractivity contribution in [3.8, 4) is 11.4 Å². The lowest BCUT2D eigenvalue weighted by Crippen LogP contribution is -2.37. The van der Waals surface area contributed by atoms with Crippen LogP contribution in [0.3, 0.4) is 0 Å². The van der Waals surface area contributed by atoms with E-state index in [1.807, 2.05) is 4.90 Å². The van der Waals surface area contributed by atoms with Crippen LogP contribution in [-0.2, 0) is 4.74 Å². The number of nitrogen functional groups attached to an aromatic ring is 1. The molecule has 8 heteroatoms. The molecule has 7 nitrogen and oxygen atoms in total. The minimum atomic E-state index is -0.450. The molecule has 1 aliphatic rings. The Labute approximate surface area is 114 Å². The molecule has 0 amide bonds. The molecule has 0 atom stereocenters. The Bertz CT molecular complexity index is 617. The van der Waals surface area contributed by atoms with Gasteiger partial charge in [0.2, 0.25) is 11.9 Å². The van der Waals surface area contributed by atoms with E-state index in [4.69, 9.17) is 10.5 Å². The first-order valence-electron chi connectivity index (χ1n) is 6.17. The van der Waals surface area contributed by atoms with Crippen LogP contribution in [0.5, 0.6) is 0 Å². The first kappa shape index (κ1) is 12.7. The molecule has 1 fully saturated rings. The number of morpholine rings is 1. The van der Waals surface area contributed by atoms with E-state index in [0.717, 1.165) is 6.20 Å². The molecule has 0 radical (unpaired) electrons. The van der Waals surface area contributed by atoms with Crippen LogP contribution >= 0.6 is 0 Å². The molecule has 0 bridgehead atoms. The lowest BCUT2D eigenvalue weighted by Gasteiger charge is -2.26. The summed E-state index contributed by atoms with van der Waals surface area (Å²) in [6, 6.07) is 1.31. The minimum Gasteiger partial charge on any atom is -0.378 e. The van der Waals surface area contributed by atoms with Crippen molar-refractivity contribution in [2.75, 3.05) is 36.9 Å². The van der Waals surface area contributed by atoms with E-state index in [1.165, 1.54) is 12.3 Å². The Morgan fingerprint density at radius 2 is 1.95 bits per heavy atom. The van der Waals surface area contributed by atoms with E-state index in [0.29, 0.717) is 43.6 Å². The first-order chi connectivity index (χ1) is 9.72. The van der Waals surface area contributed by atoms with Crippen molar-refractivity contribution in [3.05, 3.63) is 24.3 Å². The highest BCUT2D eigenvalue weighted by Gasteiger charge is 2.16. The highest BCUT2D eigenvalue weighted by Crippen LogP contribution is 2.19. The summed E-state index contributed by atoms with van der Waals surface area (Å²) in [7, 11) is 0. The van der Waals surface area contributed by atoms with Gasteiger partial charge in [-0.15, -0.1) is 0 Å². The van der Waals surface area contributed by atoms with E-state index in [-0.39, 0.29) is 5.95 Å². The van der Waals surface area contributed by atoms with Gasteiger partial charge in [0.05, 0.1) is 19.4 Å². The smallest absolute Gasteiger partial charge is 0.230 e. The lowest BCUT2D eigenvalue weighted by atomic mass is 10.2. The van der Waals surface area contributed by atoms with Crippen LogP contribution in [0.15, 0.2) is 18.5 Å². The van der Waals surface area contributed by atoms with Crippen molar-refractivity contribution in [2.45, 2.75) is 0 Å². The number of anilines is 2. The molecular formula is C12H13FN6O. The Hall–Kier alpha value is -2.35. The normalized spacial score (nSPS) is 15.3. The summed E-state index contributed by atoms with van der Waals surface area (Å²) >= 11 is 0. The maximum atomic E-state index is 13.2. The van der Waals surface area contributed by atoms with Gasteiger partial charge in [0.1, 0.15) is 5.82 Å². The summed E-state index contributed by atoms with van der Waals surface area (Å²) in [5, 5.41) is 0. The summed E-state index contributed by atoms with van der Waals surface area (Å²) in [6.45, 7) is 2.60. The van der Waals surface area contributed by atoms with Crippen LogP contribution in [0.1, 0.15) is 0 Å². The number of rotatable bonds is 2. The Kier molecular flexibility index (Phi) is 3.38. The first-order valence-corrected chi connectivity index (χ1v) is 6.17. The average Bonchev–Trinajstić information content (AvgIpc) is 2.47. The Balaban J connectivity index is 1.97. The van der Waals surface area contributed by atoms with Crippen LogP contribution < -0.4 is 10.6 Å². The topological polar surface area (TPSA) is 90.0 Å². The molecule has 104 valence electrons. The van der Waals surface area contributed by atoms with E-state index in [1.54, 1.807) is 0 Å².